The van der Waals surface area contributed by atoms with Crippen LogP contribution in [-0.2, 0) is 21.9 Å². The molecule has 1 unspecified atom stereocenters. The lowest BCUT2D eigenvalue weighted by atomic mass is 9.95. The number of thioether (sulfide) groups is 1. The molecule has 0 heterocycles. The molecule has 2 aromatic rings. The third kappa shape index (κ3) is 8.46. The minimum atomic E-state index is -0.587. The van der Waals surface area contributed by atoms with E-state index in [1.165, 1.54) is 18.2 Å². The van der Waals surface area contributed by atoms with E-state index in [1.807, 2.05) is 13.0 Å². The summed E-state index contributed by atoms with van der Waals surface area (Å²) in [4.78, 5) is 28.4. The third-order valence-electron chi connectivity index (χ3n) is 6.19. The number of amides is 2. The molecule has 1 fully saturated rings. The average molecular weight is 576 g/mol. The van der Waals surface area contributed by atoms with E-state index in [2.05, 4.69) is 5.32 Å². The number of nitrogens with zero attached hydrogens (tertiary/aromatic N) is 1. The first kappa shape index (κ1) is 28.5. The van der Waals surface area contributed by atoms with Gasteiger partial charge in [-0.05, 0) is 54.7 Å². The summed E-state index contributed by atoms with van der Waals surface area (Å²) in [5, 5.41) is 5.32. The second-order valence-electron chi connectivity index (χ2n) is 8.75. The van der Waals surface area contributed by atoms with Crippen LogP contribution in [0.2, 0.25) is 20.1 Å². The van der Waals surface area contributed by atoms with Gasteiger partial charge in [0.2, 0.25) is 11.8 Å². The quantitative estimate of drug-likeness (QED) is 0.314. The van der Waals surface area contributed by atoms with Crippen LogP contribution in [0.5, 0.6) is 0 Å². The van der Waals surface area contributed by atoms with Crippen molar-refractivity contribution in [3.05, 3.63) is 67.6 Å². The number of hydrogen-bond acceptors (Lipinski definition) is 3. The van der Waals surface area contributed by atoms with E-state index in [0.717, 1.165) is 36.8 Å². The number of nitrogens with one attached hydrogen (secondary N) is 1. The van der Waals surface area contributed by atoms with Crippen LogP contribution < -0.4 is 5.32 Å². The second kappa shape index (κ2) is 14.0. The highest BCUT2D eigenvalue weighted by molar-refractivity contribution is 7.99. The summed E-state index contributed by atoms with van der Waals surface area (Å²) in [5.41, 5.74) is 1.65. The predicted octanol–water partition coefficient (Wildman–Crippen LogP) is 7.79. The topological polar surface area (TPSA) is 49.4 Å². The minimum Gasteiger partial charge on any atom is -0.352 e. The molecule has 0 spiro atoms. The molecule has 190 valence electrons. The lowest BCUT2D eigenvalue weighted by Crippen LogP contribution is -2.52. The number of hydrogen-bond donors (Lipinski definition) is 1. The van der Waals surface area contributed by atoms with Crippen molar-refractivity contribution in [2.75, 3.05) is 5.75 Å². The molecule has 1 aliphatic rings. The van der Waals surface area contributed by atoms with Crippen molar-refractivity contribution in [3.63, 3.8) is 0 Å². The maximum atomic E-state index is 13.5. The fraction of sp³-hybridized carbons (Fsp3) is 0.462. The van der Waals surface area contributed by atoms with E-state index >= 15 is 0 Å². The van der Waals surface area contributed by atoms with E-state index in [-0.39, 0.29) is 30.2 Å². The van der Waals surface area contributed by atoms with Crippen molar-refractivity contribution < 1.29 is 9.59 Å². The van der Waals surface area contributed by atoms with Crippen molar-refractivity contribution in [1.29, 1.82) is 0 Å². The smallest absolute Gasteiger partial charge is 0.243 e. The van der Waals surface area contributed by atoms with E-state index in [1.54, 1.807) is 35.2 Å². The van der Waals surface area contributed by atoms with Crippen LogP contribution in [0.4, 0.5) is 0 Å². The van der Waals surface area contributed by atoms with Gasteiger partial charge in [0.1, 0.15) is 6.04 Å². The van der Waals surface area contributed by atoms with E-state index in [9.17, 15) is 9.59 Å². The Morgan fingerprint density at radius 1 is 0.971 bits per heavy atom. The Balaban J connectivity index is 1.74. The van der Waals surface area contributed by atoms with Gasteiger partial charge in [-0.15, -0.1) is 11.8 Å². The van der Waals surface area contributed by atoms with E-state index in [4.69, 9.17) is 46.4 Å². The molecular formula is C26H30Cl4N2O2S. The Morgan fingerprint density at radius 3 is 2.14 bits per heavy atom. The summed E-state index contributed by atoms with van der Waals surface area (Å²) in [6.45, 7) is 2.16. The van der Waals surface area contributed by atoms with Gasteiger partial charge < -0.3 is 10.2 Å². The maximum Gasteiger partial charge on any atom is 0.243 e. The lowest BCUT2D eigenvalue weighted by Gasteiger charge is -2.33. The highest BCUT2D eigenvalue weighted by Crippen LogP contribution is 2.27. The van der Waals surface area contributed by atoms with Gasteiger partial charge in [-0.3, -0.25) is 9.59 Å². The van der Waals surface area contributed by atoms with E-state index in [0.29, 0.717) is 32.3 Å². The van der Waals surface area contributed by atoms with Gasteiger partial charge in [-0.25, -0.2) is 0 Å². The molecule has 0 saturated heterocycles. The summed E-state index contributed by atoms with van der Waals surface area (Å²) < 4.78 is 0. The first-order chi connectivity index (χ1) is 16.8. The number of rotatable bonds is 10. The first-order valence-electron chi connectivity index (χ1n) is 11.8. The van der Waals surface area contributed by atoms with Gasteiger partial charge in [-0.2, -0.15) is 0 Å². The molecule has 0 aliphatic heterocycles. The summed E-state index contributed by atoms with van der Waals surface area (Å²) in [7, 11) is 0. The Labute approximate surface area is 232 Å². The largest absolute Gasteiger partial charge is 0.352 e. The summed E-state index contributed by atoms with van der Waals surface area (Å²) >= 11 is 26.2. The number of halogens is 4. The molecule has 35 heavy (non-hydrogen) atoms. The van der Waals surface area contributed by atoms with Crippen LogP contribution in [0.3, 0.4) is 0 Å². The first-order valence-corrected chi connectivity index (χ1v) is 14.5. The highest BCUT2D eigenvalue weighted by Gasteiger charge is 2.30. The van der Waals surface area contributed by atoms with Gasteiger partial charge in [0.15, 0.2) is 0 Å². The van der Waals surface area contributed by atoms with Crippen LogP contribution in [-0.4, -0.2) is 34.6 Å². The fourth-order valence-electron chi connectivity index (χ4n) is 4.27. The van der Waals surface area contributed by atoms with Gasteiger partial charge in [0, 0.05) is 38.4 Å². The molecule has 9 heteroatoms. The van der Waals surface area contributed by atoms with Gasteiger partial charge in [0.25, 0.3) is 0 Å². The zero-order valence-corrected chi connectivity index (χ0v) is 23.5. The highest BCUT2D eigenvalue weighted by atomic mass is 35.5. The minimum absolute atomic E-state index is 0.108. The van der Waals surface area contributed by atoms with E-state index < -0.39 is 6.04 Å². The zero-order chi connectivity index (χ0) is 25.4. The van der Waals surface area contributed by atoms with Crippen LogP contribution in [0.1, 0.15) is 56.6 Å². The molecule has 2 aromatic carbocycles. The summed E-state index contributed by atoms with van der Waals surface area (Å²) in [6.07, 6.45) is 5.91. The third-order valence-corrected chi connectivity index (χ3v) is 8.33. The molecule has 0 aromatic heterocycles. The number of carbonyl (C=O) groups excluding carboxylic acids is 2. The Hall–Kier alpha value is -1.11. The Kier molecular flexibility index (Phi) is 11.4. The monoisotopic (exact) mass is 574 g/mol. The molecule has 4 nitrogen and oxygen atoms in total. The SMILES string of the molecule is CCC(C(=O)NC1CCCCC1)N(Cc1ccc(Cl)cc1Cl)C(=O)CSCc1ccc(Cl)cc1Cl. The average Bonchev–Trinajstić information content (AvgIpc) is 2.82. The van der Waals surface area contributed by atoms with Crippen LogP contribution in [0.25, 0.3) is 0 Å². The lowest BCUT2D eigenvalue weighted by molar-refractivity contribution is -0.139. The molecule has 1 atom stereocenters. The Bertz CT molecular complexity index is 1030. The fourth-order valence-corrected chi connectivity index (χ4v) is 6.20. The maximum absolute atomic E-state index is 13.5. The van der Waals surface area contributed by atoms with Gasteiger partial charge in [-0.1, -0.05) is 84.7 Å². The van der Waals surface area contributed by atoms with Crippen molar-refractivity contribution in [2.45, 2.75) is 69.8 Å². The zero-order valence-electron chi connectivity index (χ0n) is 19.7. The predicted molar refractivity (Wildman–Crippen MR) is 149 cm³/mol. The van der Waals surface area contributed by atoms with Crippen molar-refractivity contribution in [2.24, 2.45) is 0 Å². The standard InChI is InChI=1S/C26H30Cl4N2O2S/c1-2-24(26(34)31-21-6-4-3-5-7-21)32(14-17-8-10-19(27)12-22(17)29)25(33)16-35-15-18-9-11-20(28)13-23(18)30/h8-13,21,24H,2-7,14-16H2,1H3,(H,31,34). The molecule has 0 bridgehead atoms. The molecular weight excluding hydrogens is 546 g/mol. The molecule has 0 radical (unpaired) electrons. The van der Waals surface area contributed by atoms with Crippen molar-refractivity contribution >= 4 is 70.0 Å². The van der Waals surface area contributed by atoms with Crippen molar-refractivity contribution in [1.82, 2.24) is 10.2 Å². The van der Waals surface area contributed by atoms with Crippen LogP contribution in [0, 0.1) is 0 Å². The summed E-state index contributed by atoms with van der Waals surface area (Å²) in [5.74, 6) is 0.528. The normalized spacial score (nSPS) is 15.0. The van der Waals surface area contributed by atoms with Crippen LogP contribution >= 0.6 is 58.2 Å². The van der Waals surface area contributed by atoms with Gasteiger partial charge in [0.05, 0.1) is 5.75 Å². The molecule has 1 saturated carbocycles. The van der Waals surface area contributed by atoms with Crippen molar-refractivity contribution in [3.8, 4) is 0 Å². The summed E-state index contributed by atoms with van der Waals surface area (Å²) in [6, 6.07) is 10.1. The second-order valence-corrected chi connectivity index (χ2v) is 11.4. The molecule has 3 rings (SSSR count). The van der Waals surface area contributed by atoms with Crippen LogP contribution in [0.15, 0.2) is 36.4 Å². The molecule has 1 aliphatic carbocycles. The molecule has 2 amide bonds. The Morgan fingerprint density at radius 2 is 1.57 bits per heavy atom. The molecule has 1 N–H and O–H groups in total. The number of carbonyl (C=O) groups is 2. The van der Waals surface area contributed by atoms with Gasteiger partial charge >= 0.3 is 0 Å². The number of benzene rings is 2.